The smallest absolute Gasteiger partial charge is 0.207 e. The van der Waals surface area contributed by atoms with E-state index in [-0.39, 0.29) is 0 Å². The standard InChI is InChI=1S/C14H21NO2/c1-16-14(10-15,17-2)13-8-7-11-5-3-4-6-12(11)9-13/h7-9H,3-6,10,15H2,1-2H3. The largest absolute Gasteiger partial charge is 0.348 e. The summed E-state index contributed by atoms with van der Waals surface area (Å²) in [5.74, 6) is -0.799. The molecule has 94 valence electrons. The lowest BCUT2D eigenvalue weighted by atomic mass is 9.89. The Balaban J connectivity index is 2.38. The minimum atomic E-state index is -0.799. The minimum absolute atomic E-state index is 0.318. The number of ether oxygens (including phenoxy) is 2. The molecule has 0 fully saturated rings. The van der Waals surface area contributed by atoms with Crippen molar-refractivity contribution in [3.63, 3.8) is 0 Å². The van der Waals surface area contributed by atoms with Crippen molar-refractivity contribution in [2.45, 2.75) is 31.5 Å². The average Bonchev–Trinajstić information content (AvgIpc) is 2.41. The van der Waals surface area contributed by atoms with E-state index in [1.807, 2.05) is 0 Å². The summed E-state index contributed by atoms with van der Waals surface area (Å²) < 4.78 is 10.9. The molecule has 1 aliphatic carbocycles. The van der Waals surface area contributed by atoms with E-state index in [1.54, 1.807) is 14.2 Å². The molecule has 3 heteroatoms. The third-order valence-corrected chi connectivity index (χ3v) is 3.72. The van der Waals surface area contributed by atoms with Crippen LogP contribution >= 0.6 is 0 Å². The highest BCUT2D eigenvalue weighted by molar-refractivity contribution is 5.36. The Kier molecular flexibility index (Phi) is 3.82. The number of rotatable bonds is 4. The van der Waals surface area contributed by atoms with Gasteiger partial charge in [0.1, 0.15) is 0 Å². The summed E-state index contributed by atoms with van der Waals surface area (Å²) in [6.45, 7) is 0.318. The van der Waals surface area contributed by atoms with E-state index in [2.05, 4.69) is 18.2 Å². The van der Waals surface area contributed by atoms with Gasteiger partial charge >= 0.3 is 0 Å². The molecule has 17 heavy (non-hydrogen) atoms. The molecule has 0 unspecified atom stereocenters. The molecule has 1 aromatic carbocycles. The second-order valence-corrected chi connectivity index (χ2v) is 4.56. The molecule has 2 N–H and O–H groups in total. The van der Waals surface area contributed by atoms with Crippen molar-refractivity contribution < 1.29 is 9.47 Å². The van der Waals surface area contributed by atoms with Crippen molar-refractivity contribution >= 4 is 0 Å². The Morgan fingerprint density at radius 2 is 1.76 bits per heavy atom. The van der Waals surface area contributed by atoms with Crippen LogP contribution in [0.25, 0.3) is 0 Å². The third-order valence-electron chi connectivity index (χ3n) is 3.72. The van der Waals surface area contributed by atoms with Crippen LogP contribution in [0, 0.1) is 0 Å². The van der Waals surface area contributed by atoms with E-state index in [9.17, 15) is 0 Å². The fraction of sp³-hybridized carbons (Fsp3) is 0.571. The number of fused-ring (bicyclic) bond motifs is 1. The first-order chi connectivity index (χ1) is 8.25. The van der Waals surface area contributed by atoms with Gasteiger partial charge in [-0.3, -0.25) is 0 Å². The molecule has 0 amide bonds. The average molecular weight is 235 g/mol. The number of aryl methyl sites for hydroxylation is 2. The van der Waals surface area contributed by atoms with E-state index in [4.69, 9.17) is 15.2 Å². The Hall–Kier alpha value is -0.900. The molecule has 0 spiro atoms. The molecule has 0 heterocycles. The molecule has 0 aliphatic heterocycles. The monoisotopic (exact) mass is 235 g/mol. The van der Waals surface area contributed by atoms with Crippen molar-refractivity contribution in [2.24, 2.45) is 5.73 Å². The van der Waals surface area contributed by atoms with Gasteiger partial charge in [-0.1, -0.05) is 18.2 Å². The fourth-order valence-corrected chi connectivity index (χ4v) is 2.57. The van der Waals surface area contributed by atoms with Crippen LogP contribution < -0.4 is 5.73 Å². The number of hydrogen-bond acceptors (Lipinski definition) is 3. The van der Waals surface area contributed by atoms with Crippen molar-refractivity contribution in [3.8, 4) is 0 Å². The van der Waals surface area contributed by atoms with Gasteiger partial charge in [-0.05, 0) is 36.8 Å². The van der Waals surface area contributed by atoms with Gasteiger partial charge in [0.25, 0.3) is 0 Å². The second kappa shape index (κ2) is 5.17. The maximum atomic E-state index is 5.79. The fourth-order valence-electron chi connectivity index (χ4n) is 2.57. The van der Waals surface area contributed by atoms with Crippen molar-refractivity contribution in [3.05, 3.63) is 34.9 Å². The Morgan fingerprint density at radius 3 is 2.35 bits per heavy atom. The zero-order valence-electron chi connectivity index (χ0n) is 10.7. The molecule has 0 saturated carbocycles. The summed E-state index contributed by atoms with van der Waals surface area (Å²) in [5.41, 5.74) is 9.68. The summed E-state index contributed by atoms with van der Waals surface area (Å²) >= 11 is 0. The first kappa shape index (κ1) is 12.6. The van der Waals surface area contributed by atoms with E-state index >= 15 is 0 Å². The number of nitrogens with two attached hydrogens (primary N) is 1. The SMILES string of the molecule is COC(CN)(OC)c1ccc2c(c1)CCCC2. The molecule has 0 radical (unpaired) electrons. The van der Waals surface area contributed by atoms with Crippen LogP contribution in [0.15, 0.2) is 18.2 Å². The lowest BCUT2D eigenvalue weighted by Gasteiger charge is -2.31. The molecule has 3 nitrogen and oxygen atoms in total. The molecule has 0 bridgehead atoms. The van der Waals surface area contributed by atoms with Crippen LogP contribution in [-0.2, 0) is 28.1 Å². The molecule has 2 rings (SSSR count). The van der Waals surface area contributed by atoms with Crippen molar-refractivity contribution in [1.82, 2.24) is 0 Å². The van der Waals surface area contributed by atoms with Crippen LogP contribution in [0.4, 0.5) is 0 Å². The molecule has 1 aromatic rings. The van der Waals surface area contributed by atoms with Gasteiger partial charge in [0, 0.05) is 19.8 Å². The lowest BCUT2D eigenvalue weighted by molar-refractivity contribution is -0.207. The molecular formula is C14H21NO2. The van der Waals surface area contributed by atoms with Gasteiger partial charge in [0.15, 0.2) is 0 Å². The van der Waals surface area contributed by atoms with Gasteiger partial charge in [0.05, 0.1) is 6.54 Å². The predicted octanol–water partition coefficient (Wildman–Crippen LogP) is 1.97. The highest BCUT2D eigenvalue weighted by atomic mass is 16.7. The number of hydrogen-bond donors (Lipinski definition) is 1. The van der Waals surface area contributed by atoms with E-state index < -0.39 is 5.79 Å². The first-order valence-corrected chi connectivity index (χ1v) is 6.18. The molecule has 1 aliphatic rings. The Morgan fingerprint density at radius 1 is 1.12 bits per heavy atom. The lowest BCUT2D eigenvalue weighted by Crippen LogP contribution is -2.39. The first-order valence-electron chi connectivity index (χ1n) is 6.18. The van der Waals surface area contributed by atoms with Gasteiger partial charge in [-0.15, -0.1) is 0 Å². The summed E-state index contributed by atoms with van der Waals surface area (Å²) in [6, 6.07) is 6.45. The van der Waals surface area contributed by atoms with Crippen LogP contribution in [0.5, 0.6) is 0 Å². The molecule has 0 atom stereocenters. The Bertz CT molecular complexity index is 378. The van der Waals surface area contributed by atoms with Gasteiger partial charge in [-0.2, -0.15) is 0 Å². The zero-order chi connectivity index (χ0) is 12.3. The van der Waals surface area contributed by atoms with Gasteiger partial charge in [0.2, 0.25) is 5.79 Å². The zero-order valence-corrected chi connectivity index (χ0v) is 10.7. The number of methoxy groups -OCH3 is 2. The normalized spacial score (nSPS) is 15.7. The highest BCUT2D eigenvalue weighted by Gasteiger charge is 2.31. The van der Waals surface area contributed by atoms with E-state index in [1.165, 1.54) is 30.4 Å². The topological polar surface area (TPSA) is 44.5 Å². The second-order valence-electron chi connectivity index (χ2n) is 4.56. The maximum Gasteiger partial charge on any atom is 0.207 e. The Labute approximate surface area is 103 Å². The summed E-state index contributed by atoms with van der Waals surface area (Å²) in [4.78, 5) is 0. The van der Waals surface area contributed by atoms with Crippen LogP contribution in [-0.4, -0.2) is 20.8 Å². The van der Waals surface area contributed by atoms with E-state index in [0.717, 1.165) is 12.0 Å². The minimum Gasteiger partial charge on any atom is -0.348 e. The van der Waals surface area contributed by atoms with Crippen LogP contribution in [0.1, 0.15) is 29.5 Å². The van der Waals surface area contributed by atoms with Crippen molar-refractivity contribution in [1.29, 1.82) is 0 Å². The molecular weight excluding hydrogens is 214 g/mol. The molecule has 0 aromatic heterocycles. The van der Waals surface area contributed by atoms with Crippen LogP contribution in [0.2, 0.25) is 0 Å². The summed E-state index contributed by atoms with van der Waals surface area (Å²) in [6.07, 6.45) is 4.90. The van der Waals surface area contributed by atoms with Crippen LogP contribution in [0.3, 0.4) is 0 Å². The summed E-state index contributed by atoms with van der Waals surface area (Å²) in [7, 11) is 3.27. The third kappa shape index (κ3) is 2.23. The van der Waals surface area contributed by atoms with Crippen molar-refractivity contribution in [2.75, 3.05) is 20.8 Å². The quantitative estimate of drug-likeness (QED) is 0.811. The molecule has 0 saturated heterocycles. The van der Waals surface area contributed by atoms with E-state index in [0.29, 0.717) is 6.54 Å². The van der Waals surface area contributed by atoms with Gasteiger partial charge < -0.3 is 15.2 Å². The predicted molar refractivity (Wildman–Crippen MR) is 67.8 cm³/mol. The summed E-state index contributed by atoms with van der Waals surface area (Å²) in [5, 5.41) is 0. The highest BCUT2D eigenvalue weighted by Crippen LogP contribution is 2.29. The number of benzene rings is 1. The maximum absolute atomic E-state index is 5.79. The van der Waals surface area contributed by atoms with Gasteiger partial charge in [-0.25, -0.2) is 0 Å².